The Kier molecular flexibility index (Phi) is 5.37. The summed E-state index contributed by atoms with van der Waals surface area (Å²) in [7, 11) is 0. The molecule has 3 rings (SSSR count). The van der Waals surface area contributed by atoms with Gasteiger partial charge in [0.05, 0.1) is 0 Å². The number of aryl methyl sites for hydroxylation is 2. The van der Waals surface area contributed by atoms with E-state index in [0.717, 1.165) is 16.5 Å². The second kappa shape index (κ2) is 7.87. The van der Waals surface area contributed by atoms with E-state index < -0.39 is 0 Å². The zero-order chi connectivity index (χ0) is 18.5. The predicted octanol–water partition coefficient (Wildman–Crippen LogP) is 2.88. The van der Waals surface area contributed by atoms with Gasteiger partial charge < -0.3 is 15.0 Å². The van der Waals surface area contributed by atoms with Gasteiger partial charge in [0, 0.05) is 17.6 Å². The lowest BCUT2D eigenvalue weighted by atomic mass is 10.0. The molecule has 0 saturated heterocycles. The third-order valence-electron chi connectivity index (χ3n) is 4.37. The topological polar surface area (TPSA) is 71.2 Å². The second-order valence-electron chi connectivity index (χ2n) is 6.35. The standard InChI is InChI=1S/C21H22N2O3/c1-14-10-17-12-16(21(25)23-19(17)11-15(14)2)8-9-22-20(24)13-26-18-6-4-3-5-7-18/h3-7,10-12H,8-9,13H2,1-2H3,(H,22,24)(H,23,25). The largest absolute Gasteiger partial charge is 0.484 e. The van der Waals surface area contributed by atoms with Gasteiger partial charge >= 0.3 is 0 Å². The molecule has 0 aliphatic rings. The van der Waals surface area contributed by atoms with E-state index in [9.17, 15) is 9.59 Å². The first kappa shape index (κ1) is 17.7. The number of nitrogens with one attached hydrogen (secondary N) is 2. The minimum absolute atomic E-state index is 0.0451. The second-order valence-corrected chi connectivity index (χ2v) is 6.35. The van der Waals surface area contributed by atoms with Gasteiger partial charge in [-0.15, -0.1) is 0 Å². The van der Waals surface area contributed by atoms with Crippen molar-refractivity contribution in [2.45, 2.75) is 20.3 Å². The number of ether oxygens (including phenoxy) is 1. The van der Waals surface area contributed by atoms with Crippen molar-refractivity contribution in [1.29, 1.82) is 0 Å². The van der Waals surface area contributed by atoms with Crippen LogP contribution in [-0.2, 0) is 11.2 Å². The normalized spacial score (nSPS) is 10.7. The number of aromatic amines is 1. The van der Waals surface area contributed by atoms with Crippen LogP contribution in [0, 0.1) is 13.8 Å². The van der Waals surface area contributed by atoms with E-state index in [4.69, 9.17) is 4.74 Å². The Morgan fingerprint density at radius 3 is 2.58 bits per heavy atom. The number of benzene rings is 2. The van der Waals surface area contributed by atoms with E-state index >= 15 is 0 Å². The van der Waals surface area contributed by atoms with Crippen LogP contribution >= 0.6 is 0 Å². The highest BCUT2D eigenvalue weighted by atomic mass is 16.5. The van der Waals surface area contributed by atoms with Crippen LogP contribution in [-0.4, -0.2) is 24.0 Å². The quantitative estimate of drug-likeness (QED) is 0.718. The molecule has 2 aromatic carbocycles. The summed E-state index contributed by atoms with van der Waals surface area (Å²) in [6, 6.07) is 15.1. The maximum absolute atomic E-state index is 12.2. The lowest BCUT2D eigenvalue weighted by molar-refractivity contribution is -0.123. The first-order chi connectivity index (χ1) is 12.5. The number of rotatable bonds is 6. The van der Waals surface area contributed by atoms with Crippen LogP contribution in [0.4, 0.5) is 0 Å². The Morgan fingerprint density at radius 1 is 1.08 bits per heavy atom. The van der Waals surface area contributed by atoms with E-state index in [1.54, 1.807) is 12.1 Å². The number of fused-ring (bicyclic) bond motifs is 1. The Hall–Kier alpha value is -3.08. The minimum atomic E-state index is -0.211. The number of carbonyl (C=O) groups excluding carboxylic acids is 1. The summed E-state index contributed by atoms with van der Waals surface area (Å²) in [6.45, 7) is 4.41. The molecule has 0 saturated carbocycles. The lowest BCUT2D eigenvalue weighted by Gasteiger charge is -2.08. The Morgan fingerprint density at radius 2 is 1.81 bits per heavy atom. The van der Waals surface area contributed by atoms with Crippen LogP contribution in [0.25, 0.3) is 10.9 Å². The summed E-state index contributed by atoms with van der Waals surface area (Å²) in [5.74, 6) is 0.442. The molecule has 0 atom stereocenters. The smallest absolute Gasteiger partial charge is 0.257 e. The minimum Gasteiger partial charge on any atom is -0.484 e. The summed E-state index contributed by atoms with van der Waals surface area (Å²) >= 11 is 0. The van der Waals surface area contributed by atoms with Gasteiger partial charge in [-0.3, -0.25) is 9.59 Å². The van der Waals surface area contributed by atoms with Crippen LogP contribution in [0.2, 0.25) is 0 Å². The van der Waals surface area contributed by atoms with Crippen molar-refractivity contribution in [3.05, 3.63) is 75.6 Å². The summed E-state index contributed by atoms with van der Waals surface area (Å²) in [4.78, 5) is 27.0. The molecule has 5 heteroatoms. The summed E-state index contributed by atoms with van der Waals surface area (Å²) < 4.78 is 5.40. The average molecular weight is 350 g/mol. The van der Waals surface area contributed by atoms with E-state index in [-0.39, 0.29) is 18.1 Å². The van der Waals surface area contributed by atoms with Gasteiger partial charge in [0.15, 0.2) is 6.61 Å². The Labute approximate surface area is 152 Å². The molecule has 134 valence electrons. The number of amides is 1. The molecule has 0 aliphatic carbocycles. The molecule has 1 aromatic heterocycles. The highest BCUT2D eigenvalue weighted by Crippen LogP contribution is 2.17. The molecule has 1 amide bonds. The third-order valence-corrected chi connectivity index (χ3v) is 4.37. The molecule has 3 aromatic rings. The van der Waals surface area contributed by atoms with Crippen LogP contribution in [0.1, 0.15) is 16.7 Å². The first-order valence-corrected chi connectivity index (χ1v) is 8.60. The highest BCUT2D eigenvalue weighted by molar-refractivity contribution is 5.81. The van der Waals surface area contributed by atoms with Gasteiger partial charge in [-0.1, -0.05) is 18.2 Å². The predicted molar refractivity (Wildman–Crippen MR) is 103 cm³/mol. The van der Waals surface area contributed by atoms with Gasteiger partial charge in [-0.25, -0.2) is 0 Å². The Balaban J connectivity index is 1.57. The van der Waals surface area contributed by atoms with Crippen molar-refractivity contribution in [3.63, 3.8) is 0 Å². The molecule has 5 nitrogen and oxygen atoms in total. The molecule has 26 heavy (non-hydrogen) atoms. The summed E-state index contributed by atoms with van der Waals surface area (Å²) in [5.41, 5.74) is 3.70. The molecule has 2 N–H and O–H groups in total. The fourth-order valence-corrected chi connectivity index (χ4v) is 2.76. The fraction of sp³-hybridized carbons (Fsp3) is 0.238. The van der Waals surface area contributed by atoms with Crippen LogP contribution in [0.5, 0.6) is 5.75 Å². The van der Waals surface area contributed by atoms with Gasteiger partial charge in [0.1, 0.15) is 5.75 Å². The van der Waals surface area contributed by atoms with Gasteiger partial charge in [0.25, 0.3) is 11.5 Å². The van der Waals surface area contributed by atoms with Gasteiger partial charge in [0.2, 0.25) is 0 Å². The van der Waals surface area contributed by atoms with Crippen molar-refractivity contribution < 1.29 is 9.53 Å². The van der Waals surface area contributed by atoms with Gasteiger partial charge in [-0.05, 0) is 67.1 Å². The summed E-state index contributed by atoms with van der Waals surface area (Å²) in [6.07, 6.45) is 0.468. The molecule has 0 fully saturated rings. The number of hydrogen-bond acceptors (Lipinski definition) is 3. The maximum atomic E-state index is 12.2. The SMILES string of the molecule is Cc1cc2cc(CCNC(=O)COc3ccccc3)c(=O)[nH]c2cc1C. The number of aromatic nitrogens is 1. The van der Waals surface area contributed by atoms with E-state index in [1.165, 1.54) is 5.56 Å². The maximum Gasteiger partial charge on any atom is 0.257 e. The summed E-state index contributed by atoms with van der Waals surface area (Å²) in [5, 5.41) is 3.78. The van der Waals surface area contributed by atoms with E-state index in [0.29, 0.717) is 24.3 Å². The van der Waals surface area contributed by atoms with Gasteiger partial charge in [-0.2, -0.15) is 0 Å². The average Bonchev–Trinajstić information content (AvgIpc) is 2.63. The fourth-order valence-electron chi connectivity index (χ4n) is 2.76. The monoisotopic (exact) mass is 350 g/mol. The molecule has 0 bridgehead atoms. The van der Waals surface area contributed by atoms with Crippen molar-refractivity contribution in [2.24, 2.45) is 0 Å². The molecule has 0 aliphatic heterocycles. The molecule has 0 unspecified atom stereocenters. The number of carbonyl (C=O) groups is 1. The molecular formula is C21H22N2O3. The number of H-pyrrole nitrogens is 1. The van der Waals surface area contributed by atoms with Crippen molar-refractivity contribution in [1.82, 2.24) is 10.3 Å². The Bertz CT molecular complexity index is 978. The van der Waals surface area contributed by atoms with E-state index in [1.807, 2.05) is 44.2 Å². The van der Waals surface area contributed by atoms with E-state index in [2.05, 4.69) is 16.4 Å². The first-order valence-electron chi connectivity index (χ1n) is 8.60. The zero-order valence-electron chi connectivity index (χ0n) is 15.0. The van der Waals surface area contributed by atoms with Crippen LogP contribution < -0.4 is 15.6 Å². The van der Waals surface area contributed by atoms with Crippen molar-refractivity contribution in [3.8, 4) is 5.75 Å². The highest BCUT2D eigenvalue weighted by Gasteiger charge is 2.07. The van der Waals surface area contributed by atoms with Crippen LogP contribution in [0.3, 0.4) is 0 Å². The van der Waals surface area contributed by atoms with Crippen molar-refractivity contribution in [2.75, 3.05) is 13.2 Å². The number of hydrogen-bond donors (Lipinski definition) is 2. The zero-order valence-corrected chi connectivity index (χ0v) is 15.0. The molecule has 1 heterocycles. The van der Waals surface area contributed by atoms with Crippen LogP contribution in [0.15, 0.2) is 53.3 Å². The number of pyridine rings is 1. The van der Waals surface area contributed by atoms with Crippen molar-refractivity contribution >= 4 is 16.8 Å². The molecule has 0 radical (unpaired) electrons. The third kappa shape index (κ3) is 4.30. The molecular weight excluding hydrogens is 328 g/mol. The lowest BCUT2D eigenvalue weighted by Crippen LogP contribution is -2.31. The number of para-hydroxylation sites is 1. The molecule has 0 spiro atoms.